The van der Waals surface area contributed by atoms with E-state index in [1.165, 1.54) is 0 Å². The fourth-order valence-corrected chi connectivity index (χ4v) is 2.74. The van der Waals surface area contributed by atoms with Gasteiger partial charge in [0, 0.05) is 18.9 Å². The molecule has 2 aliphatic rings. The number of hydrogen-bond acceptors (Lipinski definition) is 4. The molecule has 1 aliphatic heterocycles. The lowest BCUT2D eigenvalue weighted by atomic mass is 9.87. The Balaban J connectivity index is 1.93. The van der Waals surface area contributed by atoms with E-state index in [9.17, 15) is 8.78 Å². The van der Waals surface area contributed by atoms with Crippen LogP contribution in [0.1, 0.15) is 26.2 Å². The van der Waals surface area contributed by atoms with Crippen LogP contribution in [0, 0.1) is 0 Å². The van der Waals surface area contributed by atoms with Crippen LogP contribution in [0.2, 0.25) is 0 Å². The summed E-state index contributed by atoms with van der Waals surface area (Å²) >= 11 is 0. The van der Waals surface area contributed by atoms with Crippen LogP contribution in [0.15, 0.2) is 0 Å². The van der Waals surface area contributed by atoms with Gasteiger partial charge in [-0.05, 0) is 13.0 Å². The van der Waals surface area contributed by atoms with Gasteiger partial charge in [0.1, 0.15) is 6.61 Å². The summed E-state index contributed by atoms with van der Waals surface area (Å²) in [5, 5.41) is 3.28. The van der Waals surface area contributed by atoms with Crippen molar-refractivity contribution in [3.8, 4) is 0 Å². The molecule has 1 heterocycles. The third-order valence-electron chi connectivity index (χ3n) is 3.51. The second-order valence-electron chi connectivity index (χ2n) is 4.78. The Bertz CT molecular complexity index is 260. The first-order chi connectivity index (χ1) is 8.65. The maximum absolute atomic E-state index is 12.3. The molecule has 1 aliphatic carbocycles. The topological polar surface area (TPSA) is 39.7 Å². The van der Waals surface area contributed by atoms with Gasteiger partial charge in [-0.2, -0.15) is 0 Å². The van der Waals surface area contributed by atoms with Gasteiger partial charge < -0.3 is 19.5 Å². The van der Waals surface area contributed by atoms with Crippen molar-refractivity contribution < 1.29 is 23.0 Å². The number of ether oxygens (including phenoxy) is 3. The van der Waals surface area contributed by atoms with E-state index in [0.717, 1.165) is 19.4 Å². The summed E-state index contributed by atoms with van der Waals surface area (Å²) in [6.45, 7) is 3.43. The molecule has 2 fully saturated rings. The SMILES string of the molecule is CCNC1CCC2(CC1OCC(F)F)OCCO2. The molecule has 1 spiro atoms. The molecule has 0 aromatic carbocycles. The van der Waals surface area contributed by atoms with Crippen molar-refractivity contribution in [3.05, 3.63) is 0 Å². The second-order valence-corrected chi connectivity index (χ2v) is 4.78. The van der Waals surface area contributed by atoms with Gasteiger partial charge >= 0.3 is 0 Å². The Hall–Kier alpha value is -0.300. The van der Waals surface area contributed by atoms with E-state index in [1.807, 2.05) is 6.92 Å². The van der Waals surface area contributed by atoms with Crippen molar-refractivity contribution in [1.29, 1.82) is 0 Å². The maximum atomic E-state index is 12.3. The van der Waals surface area contributed by atoms with Gasteiger partial charge in [-0.25, -0.2) is 8.78 Å². The zero-order valence-corrected chi connectivity index (χ0v) is 10.7. The normalized spacial score (nSPS) is 31.3. The van der Waals surface area contributed by atoms with Crippen LogP contribution in [0.3, 0.4) is 0 Å². The van der Waals surface area contributed by atoms with Gasteiger partial charge in [0.15, 0.2) is 5.79 Å². The minimum absolute atomic E-state index is 0.104. The van der Waals surface area contributed by atoms with Crippen LogP contribution in [0.5, 0.6) is 0 Å². The molecule has 0 aromatic rings. The summed E-state index contributed by atoms with van der Waals surface area (Å²) in [5.74, 6) is -0.599. The highest BCUT2D eigenvalue weighted by molar-refractivity contribution is 4.92. The van der Waals surface area contributed by atoms with Crippen LogP contribution >= 0.6 is 0 Å². The molecule has 1 N–H and O–H groups in total. The zero-order valence-electron chi connectivity index (χ0n) is 10.7. The average molecular weight is 265 g/mol. The fourth-order valence-electron chi connectivity index (χ4n) is 2.74. The largest absolute Gasteiger partial charge is 0.370 e. The zero-order chi connectivity index (χ0) is 13.0. The van der Waals surface area contributed by atoms with Gasteiger partial charge in [0.25, 0.3) is 6.43 Å². The van der Waals surface area contributed by atoms with Crippen molar-refractivity contribution in [2.45, 2.75) is 50.5 Å². The molecule has 1 saturated heterocycles. The van der Waals surface area contributed by atoms with E-state index in [4.69, 9.17) is 14.2 Å². The van der Waals surface area contributed by atoms with E-state index in [0.29, 0.717) is 19.6 Å². The van der Waals surface area contributed by atoms with Gasteiger partial charge in [-0.1, -0.05) is 6.92 Å². The molecule has 0 bridgehead atoms. The highest BCUT2D eigenvalue weighted by Gasteiger charge is 2.45. The highest BCUT2D eigenvalue weighted by atomic mass is 19.3. The monoisotopic (exact) mass is 265 g/mol. The third-order valence-corrected chi connectivity index (χ3v) is 3.51. The minimum Gasteiger partial charge on any atom is -0.370 e. The summed E-state index contributed by atoms with van der Waals surface area (Å²) in [6, 6.07) is 0.104. The van der Waals surface area contributed by atoms with Crippen molar-refractivity contribution in [3.63, 3.8) is 0 Å². The Labute approximate surface area is 106 Å². The molecule has 0 aromatic heterocycles. The summed E-state index contributed by atoms with van der Waals surface area (Å²) in [7, 11) is 0. The first kappa shape index (κ1) is 14.1. The van der Waals surface area contributed by atoms with Crippen LogP contribution < -0.4 is 5.32 Å². The van der Waals surface area contributed by atoms with Crippen molar-refractivity contribution >= 4 is 0 Å². The third kappa shape index (κ3) is 3.38. The van der Waals surface area contributed by atoms with Crippen LogP contribution in [0.4, 0.5) is 8.78 Å². The average Bonchev–Trinajstić information content (AvgIpc) is 2.78. The van der Waals surface area contributed by atoms with Crippen molar-refractivity contribution in [2.75, 3.05) is 26.4 Å². The molecule has 2 unspecified atom stereocenters. The van der Waals surface area contributed by atoms with Crippen molar-refractivity contribution in [1.82, 2.24) is 5.32 Å². The predicted octanol–water partition coefficient (Wildman–Crippen LogP) is 1.54. The first-order valence-corrected chi connectivity index (χ1v) is 6.56. The molecule has 106 valence electrons. The summed E-state index contributed by atoms with van der Waals surface area (Å²) in [5.41, 5.74) is 0. The smallest absolute Gasteiger partial charge is 0.261 e. The lowest BCUT2D eigenvalue weighted by Gasteiger charge is -2.41. The second kappa shape index (κ2) is 6.23. The highest BCUT2D eigenvalue weighted by Crippen LogP contribution is 2.37. The Morgan fingerprint density at radius 3 is 2.72 bits per heavy atom. The van der Waals surface area contributed by atoms with E-state index < -0.39 is 18.8 Å². The lowest BCUT2D eigenvalue weighted by Crippen LogP contribution is -2.52. The molecular weight excluding hydrogens is 244 g/mol. The number of rotatable bonds is 5. The van der Waals surface area contributed by atoms with Gasteiger partial charge in [0.05, 0.1) is 19.3 Å². The first-order valence-electron chi connectivity index (χ1n) is 6.56. The van der Waals surface area contributed by atoms with E-state index in [1.54, 1.807) is 0 Å². The molecule has 6 heteroatoms. The number of halogens is 2. The van der Waals surface area contributed by atoms with Gasteiger partial charge in [-0.3, -0.25) is 0 Å². The summed E-state index contributed by atoms with van der Waals surface area (Å²) < 4.78 is 41.1. The van der Waals surface area contributed by atoms with E-state index in [2.05, 4.69) is 5.32 Å². The molecule has 0 amide bonds. The number of hydrogen-bond donors (Lipinski definition) is 1. The molecule has 4 nitrogen and oxygen atoms in total. The van der Waals surface area contributed by atoms with Crippen LogP contribution in [-0.4, -0.2) is 50.7 Å². The van der Waals surface area contributed by atoms with Crippen LogP contribution in [0.25, 0.3) is 0 Å². The fraction of sp³-hybridized carbons (Fsp3) is 1.00. The van der Waals surface area contributed by atoms with Crippen molar-refractivity contribution in [2.24, 2.45) is 0 Å². The Morgan fingerprint density at radius 1 is 1.39 bits per heavy atom. The lowest BCUT2D eigenvalue weighted by molar-refractivity contribution is -0.210. The predicted molar refractivity (Wildman–Crippen MR) is 61.7 cm³/mol. The molecule has 0 radical (unpaired) electrons. The summed E-state index contributed by atoms with van der Waals surface area (Å²) in [6.07, 6.45) is -0.570. The molecule has 1 saturated carbocycles. The van der Waals surface area contributed by atoms with Gasteiger partial charge in [0.2, 0.25) is 0 Å². The Kier molecular flexibility index (Phi) is 4.89. The van der Waals surface area contributed by atoms with Gasteiger partial charge in [-0.15, -0.1) is 0 Å². The summed E-state index contributed by atoms with van der Waals surface area (Å²) in [4.78, 5) is 0. The van der Waals surface area contributed by atoms with E-state index in [-0.39, 0.29) is 12.1 Å². The maximum Gasteiger partial charge on any atom is 0.261 e. The molecule has 2 atom stereocenters. The molecular formula is C12H21F2NO3. The quantitative estimate of drug-likeness (QED) is 0.818. The minimum atomic E-state index is -2.43. The molecule has 18 heavy (non-hydrogen) atoms. The number of alkyl halides is 2. The molecule has 2 rings (SSSR count). The number of nitrogens with one attached hydrogen (secondary N) is 1. The van der Waals surface area contributed by atoms with E-state index >= 15 is 0 Å². The number of likely N-dealkylation sites (N-methyl/N-ethyl adjacent to an activating group) is 1. The van der Waals surface area contributed by atoms with Crippen LogP contribution in [-0.2, 0) is 14.2 Å². The Morgan fingerprint density at radius 2 is 2.11 bits per heavy atom. The standard InChI is InChI=1S/C12H21F2NO3/c1-2-15-9-3-4-12(17-5-6-18-12)7-10(9)16-8-11(13)14/h9-11,15H,2-8H2,1H3.